The molecule has 166 valence electrons. The van der Waals surface area contributed by atoms with Gasteiger partial charge >= 0.3 is 5.97 Å². The Hall–Kier alpha value is -3.07. The first-order chi connectivity index (χ1) is 15.4. The third-order valence-corrected chi connectivity index (χ3v) is 7.47. The summed E-state index contributed by atoms with van der Waals surface area (Å²) in [4.78, 5) is 16.1. The Morgan fingerprint density at radius 3 is 2.50 bits per heavy atom. The van der Waals surface area contributed by atoms with E-state index in [1.165, 1.54) is 10.4 Å². The Balaban J connectivity index is 1.70. The Morgan fingerprint density at radius 1 is 1.06 bits per heavy atom. The molecule has 1 N–H and O–H groups in total. The highest BCUT2D eigenvalue weighted by Gasteiger charge is 2.43. The smallest absolute Gasteiger partial charge is 0.338 e. The first-order valence-corrected chi connectivity index (χ1v) is 11.8. The number of aliphatic hydroxyl groups is 1. The van der Waals surface area contributed by atoms with Crippen LogP contribution in [-0.4, -0.2) is 41.4 Å². The van der Waals surface area contributed by atoms with Crippen molar-refractivity contribution in [2.75, 3.05) is 6.61 Å². The number of carbonyl (C=O) groups excluding carboxylic acids is 1. The Morgan fingerprint density at radius 2 is 1.81 bits per heavy atom. The number of fused-ring (bicyclic) bond motifs is 1. The standard InChI is InChI=1S/C24H24N2O5S/c1-2-31-24(28)19-11-9-17(10-12-19)14-21-23(27)20-7-3-4-8-22(20)32(29,30)26(21)16-18-6-5-13-25-15-18/h3-13,15,21,23,27H,2,14,16H2,1H3/t21-,23+/m0/s1. The molecular formula is C24H24N2O5S. The molecule has 7 nitrogen and oxygen atoms in total. The number of carbonyl (C=O) groups is 1. The maximum atomic E-state index is 13.5. The third-order valence-electron chi connectivity index (χ3n) is 5.53. The molecule has 0 amide bonds. The number of hydrogen-bond acceptors (Lipinski definition) is 6. The van der Waals surface area contributed by atoms with Crippen molar-refractivity contribution in [1.82, 2.24) is 9.29 Å². The van der Waals surface area contributed by atoms with E-state index in [9.17, 15) is 18.3 Å². The number of aromatic nitrogens is 1. The van der Waals surface area contributed by atoms with E-state index in [4.69, 9.17) is 4.74 Å². The second-order valence-electron chi connectivity index (χ2n) is 7.58. The van der Waals surface area contributed by atoms with Crippen LogP contribution in [0.4, 0.5) is 0 Å². The van der Waals surface area contributed by atoms with E-state index in [1.807, 2.05) is 0 Å². The summed E-state index contributed by atoms with van der Waals surface area (Å²) in [5.74, 6) is -0.411. The summed E-state index contributed by atoms with van der Waals surface area (Å²) < 4.78 is 33.4. The minimum absolute atomic E-state index is 0.0904. The van der Waals surface area contributed by atoms with E-state index in [0.29, 0.717) is 11.1 Å². The van der Waals surface area contributed by atoms with Crippen LogP contribution in [0.2, 0.25) is 0 Å². The van der Waals surface area contributed by atoms with Gasteiger partial charge in [-0.15, -0.1) is 0 Å². The van der Waals surface area contributed by atoms with Gasteiger partial charge in [0.2, 0.25) is 10.0 Å². The highest BCUT2D eigenvalue weighted by molar-refractivity contribution is 7.89. The number of sulfonamides is 1. The van der Waals surface area contributed by atoms with Crippen molar-refractivity contribution in [2.24, 2.45) is 0 Å². The highest BCUT2D eigenvalue weighted by Crippen LogP contribution is 2.38. The van der Waals surface area contributed by atoms with Gasteiger partial charge in [0.15, 0.2) is 0 Å². The van der Waals surface area contributed by atoms with Crippen molar-refractivity contribution in [3.05, 3.63) is 95.3 Å². The van der Waals surface area contributed by atoms with Gasteiger partial charge in [-0.05, 0) is 48.7 Å². The molecule has 2 aromatic carbocycles. The van der Waals surface area contributed by atoms with Crippen LogP contribution < -0.4 is 0 Å². The summed E-state index contributed by atoms with van der Waals surface area (Å²) in [6.07, 6.45) is 2.52. The number of benzene rings is 2. The van der Waals surface area contributed by atoms with Gasteiger partial charge < -0.3 is 9.84 Å². The Labute approximate surface area is 187 Å². The molecule has 2 heterocycles. The number of hydrogen-bond donors (Lipinski definition) is 1. The SMILES string of the molecule is CCOC(=O)c1ccc(C[C@H]2[C@H](O)c3ccccc3S(=O)(=O)N2Cc2cccnc2)cc1. The lowest BCUT2D eigenvalue weighted by Crippen LogP contribution is -2.48. The van der Waals surface area contributed by atoms with Crippen LogP contribution >= 0.6 is 0 Å². The van der Waals surface area contributed by atoms with Gasteiger partial charge in [-0.1, -0.05) is 36.4 Å². The van der Waals surface area contributed by atoms with Crippen molar-refractivity contribution in [3.63, 3.8) is 0 Å². The number of rotatable bonds is 6. The van der Waals surface area contributed by atoms with Gasteiger partial charge in [0.25, 0.3) is 0 Å². The molecular weight excluding hydrogens is 428 g/mol. The van der Waals surface area contributed by atoms with Crippen molar-refractivity contribution < 1.29 is 23.1 Å². The van der Waals surface area contributed by atoms with Gasteiger partial charge in [0.05, 0.1) is 29.2 Å². The van der Waals surface area contributed by atoms with E-state index in [0.717, 1.165) is 11.1 Å². The molecule has 0 aliphatic carbocycles. The fraction of sp³-hybridized carbons (Fsp3) is 0.250. The lowest BCUT2D eigenvalue weighted by molar-refractivity contribution is 0.0526. The Bertz CT molecular complexity index is 1200. The molecule has 1 aliphatic rings. The van der Waals surface area contributed by atoms with Gasteiger partial charge in [0, 0.05) is 24.5 Å². The van der Waals surface area contributed by atoms with Crippen molar-refractivity contribution in [2.45, 2.75) is 36.9 Å². The molecule has 8 heteroatoms. The summed E-state index contributed by atoms with van der Waals surface area (Å²) in [6, 6.07) is 16.2. The fourth-order valence-electron chi connectivity index (χ4n) is 3.95. The zero-order chi connectivity index (χ0) is 22.7. The minimum Gasteiger partial charge on any atom is -0.462 e. The van der Waals surface area contributed by atoms with Gasteiger partial charge in [-0.3, -0.25) is 4.98 Å². The van der Waals surface area contributed by atoms with Crippen LogP contribution in [0.25, 0.3) is 0 Å². The predicted molar refractivity (Wildman–Crippen MR) is 118 cm³/mol. The van der Waals surface area contributed by atoms with Gasteiger partial charge in [-0.25, -0.2) is 13.2 Å². The van der Waals surface area contributed by atoms with E-state index in [2.05, 4.69) is 4.98 Å². The van der Waals surface area contributed by atoms with Gasteiger partial charge in [0.1, 0.15) is 0 Å². The second kappa shape index (κ2) is 9.20. The van der Waals surface area contributed by atoms with Crippen molar-refractivity contribution in [1.29, 1.82) is 0 Å². The molecule has 0 radical (unpaired) electrons. The normalized spacial score (nSPS) is 19.8. The van der Waals surface area contributed by atoms with E-state index in [1.54, 1.807) is 73.9 Å². The molecule has 0 saturated carbocycles. The molecule has 32 heavy (non-hydrogen) atoms. The maximum absolute atomic E-state index is 13.5. The second-order valence-corrected chi connectivity index (χ2v) is 9.44. The molecule has 0 fully saturated rings. The molecule has 0 bridgehead atoms. The van der Waals surface area contributed by atoms with Crippen LogP contribution in [-0.2, 0) is 27.7 Å². The summed E-state index contributed by atoms with van der Waals surface area (Å²) >= 11 is 0. The molecule has 2 atom stereocenters. The number of nitrogens with zero attached hydrogens (tertiary/aromatic N) is 2. The molecule has 3 aromatic rings. The monoisotopic (exact) mass is 452 g/mol. The van der Waals surface area contributed by atoms with Crippen LogP contribution in [0.5, 0.6) is 0 Å². The molecule has 1 aromatic heterocycles. The van der Waals surface area contributed by atoms with E-state index in [-0.39, 0.29) is 24.5 Å². The van der Waals surface area contributed by atoms with Crippen LogP contribution in [0, 0.1) is 0 Å². The zero-order valence-electron chi connectivity index (χ0n) is 17.6. The minimum atomic E-state index is -3.84. The molecule has 0 spiro atoms. The average molecular weight is 453 g/mol. The van der Waals surface area contributed by atoms with Crippen molar-refractivity contribution >= 4 is 16.0 Å². The number of pyridine rings is 1. The number of ether oxygens (including phenoxy) is 1. The summed E-state index contributed by atoms with van der Waals surface area (Å²) in [6.45, 7) is 2.12. The maximum Gasteiger partial charge on any atom is 0.338 e. The highest BCUT2D eigenvalue weighted by atomic mass is 32.2. The number of aliphatic hydroxyl groups excluding tert-OH is 1. The molecule has 4 rings (SSSR count). The number of esters is 1. The first kappa shape index (κ1) is 22.1. The van der Waals surface area contributed by atoms with Crippen LogP contribution in [0.3, 0.4) is 0 Å². The zero-order valence-corrected chi connectivity index (χ0v) is 18.4. The fourth-order valence-corrected chi connectivity index (χ4v) is 5.80. The van der Waals surface area contributed by atoms with E-state index < -0.39 is 28.1 Å². The lowest BCUT2D eigenvalue weighted by Gasteiger charge is -2.39. The molecule has 1 aliphatic heterocycles. The Kier molecular flexibility index (Phi) is 6.36. The predicted octanol–water partition coefficient (Wildman–Crippen LogP) is 3.11. The third kappa shape index (κ3) is 4.29. The van der Waals surface area contributed by atoms with Crippen molar-refractivity contribution in [3.8, 4) is 0 Å². The summed E-state index contributed by atoms with van der Waals surface area (Å²) in [5, 5.41) is 11.2. The summed E-state index contributed by atoms with van der Waals surface area (Å²) in [7, 11) is -3.84. The molecule has 0 unspecified atom stereocenters. The summed E-state index contributed by atoms with van der Waals surface area (Å²) in [5.41, 5.74) is 2.34. The van der Waals surface area contributed by atoms with E-state index >= 15 is 0 Å². The molecule has 0 saturated heterocycles. The topological polar surface area (TPSA) is 96.8 Å². The average Bonchev–Trinajstić information content (AvgIpc) is 2.81. The van der Waals surface area contributed by atoms with Crippen LogP contribution in [0.15, 0.2) is 78.0 Å². The van der Waals surface area contributed by atoms with Crippen LogP contribution in [0.1, 0.15) is 40.1 Å². The largest absolute Gasteiger partial charge is 0.462 e. The lowest BCUT2D eigenvalue weighted by atomic mass is 9.95. The van der Waals surface area contributed by atoms with Gasteiger partial charge in [-0.2, -0.15) is 4.31 Å². The quantitative estimate of drug-likeness (QED) is 0.578. The first-order valence-electron chi connectivity index (χ1n) is 10.4.